The number of nitrogens with one attached hydrogen (secondary N) is 1. The minimum Gasteiger partial charge on any atom is -0.404 e. The first-order valence-corrected chi connectivity index (χ1v) is 13.9. The Bertz CT molecular complexity index is 1540. The van der Waals surface area contributed by atoms with Crippen LogP contribution in [0.3, 0.4) is 0 Å². The van der Waals surface area contributed by atoms with Gasteiger partial charge in [0.05, 0.1) is 5.69 Å². The van der Waals surface area contributed by atoms with Crippen LogP contribution in [0.15, 0.2) is 71.9 Å². The minimum atomic E-state index is -5.01. The van der Waals surface area contributed by atoms with Gasteiger partial charge >= 0.3 is 6.36 Å². The molecule has 2 aliphatic heterocycles. The Morgan fingerprint density at radius 3 is 2.63 bits per heavy atom. The highest BCUT2D eigenvalue weighted by Crippen LogP contribution is 2.52. The lowest BCUT2D eigenvalue weighted by molar-refractivity contribution is -0.274. The molecule has 0 saturated heterocycles. The van der Waals surface area contributed by atoms with Crippen molar-refractivity contribution in [1.29, 1.82) is 0 Å². The van der Waals surface area contributed by atoms with Crippen molar-refractivity contribution in [3.05, 3.63) is 89.1 Å². The van der Waals surface area contributed by atoms with Crippen LogP contribution in [0, 0.1) is 5.92 Å². The van der Waals surface area contributed by atoms with E-state index < -0.39 is 22.1 Å². The van der Waals surface area contributed by atoms with Crippen LogP contribution in [0.5, 0.6) is 5.75 Å². The number of fused-ring (bicyclic) bond motifs is 1. The van der Waals surface area contributed by atoms with E-state index in [-0.39, 0.29) is 27.8 Å². The van der Waals surface area contributed by atoms with Crippen LogP contribution in [0.25, 0.3) is 4.91 Å². The van der Waals surface area contributed by atoms with E-state index in [0.717, 1.165) is 22.1 Å². The third-order valence-corrected chi connectivity index (χ3v) is 9.10. The fourth-order valence-electron chi connectivity index (χ4n) is 4.49. The van der Waals surface area contributed by atoms with Crippen molar-refractivity contribution in [1.82, 2.24) is 9.88 Å². The van der Waals surface area contributed by atoms with E-state index in [4.69, 9.17) is 0 Å². The number of allylic oxidation sites excluding steroid dienone is 1. The summed E-state index contributed by atoms with van der Waals surface area (Å²) in [7, 11) is -2.53. The minimum absolute atomic E-state index is 0.0119. The van der Waals surface area contributed by atoms with Gasteiger partial charge in [-0.15, -0.1) is 24.9 Å². The molecule has 0 fully saturated rings. The van der Waals surface area contributed by atoms with Crippen LogP contribution in [0.4, 0.5) is 18.9 Å². The first-order valence-electron chi connectivity index (χ1n) is 11.5. The molecule has 2 aromatic carbocycles. The number of hydrogen-bond donors (Lipinski definition) is 1. The number of benzene rings is 2. The van der Waals surface area contributed by atoms with Crippen molar-refractivity contribution in [2.24, 2.45) is 5.92 Å². The van der Waals surface area contributed by atoms with Crippen LogP contribution >= 0.6 is 11.8 Å². The number of ether oxygens (including phenoxy) is 1. The third-order valence-electron chi connectivity index (χ3n) is 6.24. The molecule has 0 bridgehead atoms. The van der Waals surface area contributed by atoms with Gasteiger partial charge in [0.25, 0.3) is 15.9 Å². The summed E-state index contributed by atoms with van der Waals surface area (Å²) in [6, 6.07) is 13.9. The Labute approximate surface area is 221 Å². The first-order chi connectivity index (χ1) is 17.9. The van der Waals surface area contributed by atoms with E-state index in [1.807, 2.05) is 25.1 Å². The second-order valence-electron chi connectivity index (χ2n) is 9.04. The molecule has 2 aliphatic rings. The molecule has 2 atom stereocenters. The average Bonchev–Trinajstić information content (AvgIpc) is 3.38. The van der Waals surface area contributed by atoms with Crippen molar-refractivity contribution in [2.45, 2.75) is 30.1 Å². The van der Waals surface area contributed by atoms with Crippen molar-refractivity contribution in [3.8, 4) is 5.75 Å². The predicted molar refractivity (Wildman–Crippen MR) is 138 cm³/mol. The molecule has 12 heteroatoms. The van der Waals surface area contributed by atoms with Crippen molar-refractivity contribution < 1.29 is 31.1 Å². The molecule has 7 nitrogen and oxygen atoms in total. The number of nitrogens with zero attached hydrogens (tertiary/aromatic N) is 2. The van der Waals surface area contributed by atoms with E-state index in [1.54, 1.807) is 11.9 Å². The van der Waals surface area contributed by atoms with Gasteiger partial charge in [-0.1, -0.05) is 31.2 Å². The number of pyridine rings is 1. The van der Waals surface area contributed by atoms with Gasteiger partial charge < -0.3 is 9.64 Å². The van der Waals surface area contributed by atoms with Gasteiger partial charge in [0, 0.05) is 35.5 Å². The fraction of sp³-hybridized carbons (Fsp3) is 0.231. The zero-order valence-electron chi connectivity index (χ0n) is 20.2. The van der Waals surface area contributed by atoms with E-state index in [0.29, 0.717) is 17.7 Å². The second kappa shape index (κ2) is 9.66. The number of anilines is 1. The Balaban J connectivity index is 1.44. The highest BCUT2D eigenvalue weighted by atomic mass is 32.2. The number of alkyl halides is 3. The number of carbonyl (C=O) groups is 1. The third kappa shape index (κ3) is 5.23. The highest BCUT2D eigenvalue weighted by Gasteiger charge is 2.34. The number of aromatic nitrogens is 1. The monoisotopic (exact) mass is 561 g/mol. The number of halogens is 3. The van der Waals surface area contributed by atoms with Gasteiger partial charge in [-0.25, -0.2) is 4.98 Å². The molecule has 198 valence electrons. The fourth-order valence-corrected chi connectivity index (χ4v) is 6.90. The zero-order valence-corrected chi connectivity index (χ0v) is 21.8. The van der Waals surface area contributed by atoms with E-state index in [2.05, 4.69) is 20.5 Å². The summed E-state index contributed by atoms with van der Waals surface area (Å²) >= 11 is 1.52. The maximum absolute atomic E-state index is 13.1. The van der Waals surface area contributed by atoms with Crippen LogP contribution in [-0.4, -0.2) is 37.6 Å². The van der Waals surface area contributed by atoms with Gasteiger partial charge in [-0.3, -0.25) is 9.52 Å². The van der Waals surface area contributed by atoms with Crippen molar-refractivity contribution in [2.75, 3.05) is 11.8 Å². The predicted octanol–water partition coefficient (Wildman–Crippen LogP) is 5.83. The molecule has 0 spiro atoms. The van der Waals surface area contributed by atoms with Gasteiger partial charge in [-0.05, 0) is 59.0 Å². The average molecular weight is 562 g/mol. The lowest BCUT2D eigenvalue weighted by Crippen LogP contribution is -2.20. The van der Waals surface area contributed by atoms with Crippen LogP contribution in [0.2, 0.25) is 0 Å². The number of carbonyl (C=O) groups excluding carboxylic acids is 1. The molecule has 3 aromatic rings. The summed E-state index contributed by atoms with van der Waals surface area (Å²) in [5, 5.41) is -0.530. The molecule has 3 heterocycles. The topological polar surface area (TPSA) is 88.6 Å². The van der Waals surface area contributed by atoms with Crippen LogP contribution in [0.1, 0.15) is 39.2 Å². The molecule has 1 N–H and O–H groups in total. The summed E-state index contributed by atoms with van der Waals surface area (Å²) in [6.07, 6.45) is -1.68. The molecule has 0 aliphatic carbocycles. The second-order valence-corrected chi connectivity index (χ2v) is 11.9. The van der Waals surface area contributed by atoms with Gasteiger partial charge in [-0.2, -0.15) is 8.42 Å². The number of rotatable bonds is 6. The number of amides is 1. The standard InChI is InChI=1S/C26H22F3N3O4S2/c1-15-11-22(16-6-8-19-18(12-16)14-32(2)25(19)33)37-24(15)17-7-9-21(36-26(27,28)29)20(13-17)31-38(34,35)23-5-3-4-10-30-23/h3-13,15,24,31H,14H2,1-2H3. The zero-order chi connectivity index (χ0) is 27.2. The van der Waals surface area contributed by atoms with E-state index in [9.17, 15) is 26.4 Å². The quantitative estimate of drug-likeness (QED) is 0.407. The maximum Gasteiger partial charge on any atom is 0.573 e. The smallest absolute Gasteiger partial charge is 0.404 e. The van der Waals surface area contributed by atoms with E-state index >= 15 is 0 Å². The van der Waals surface area contributed by atoms with Gasteiger partial charge in [0.15, 0.2) is 10.8 Å². The summed E-state index contributed by atoms with van der Waals surface area (Å²) in [5.74, 6) is -0.702. The SMILES string of the molecule is CC1C=C(c2ccc3c(c2)CN(C)C3=O)SC1c1ccc(OC(F)(F)F)c(NS(=O)(=O)c2ccccn2)c1. The Hall–Kier alpha value is -3.51. The largest absolute Gasteiger partial charge is 0.573 e. The lowest BCUT2D eigenvalue weighted by atomic mass is 9.98. The molecule has 1 aromatic heterocycles. The molecule has 0 radical (unpaired) electrons. The summed E-state index contributed by atoms with van der Waals surface area (Å²) < 4.78 is 71.2. The van der Waals surface area contributed by atoms with Crippen LogP contribution < -0.4 is 9.46 Å². The molecule has 5 rings (SSSR count). The van der Waals surface area contributed by atoms with Crippen molar-refractivity contribution in [3.63, 3.8) is 0 Å². The maximum atomic E-state index is 13.1. The molecule has 2 unspecified atom stereocenters. The summed E-state index contributed by atoms with van der Waals surface area (Å²) in [6.45, 7) is 2.51. The number of hydrogen-bond acceptors (Lipinski definition) is 6. The van der Waals surface area contributed by atoms with Gasteiger partial charge in [0.2, 0.25) is 0 Å². The first kappa shape index (κ1) is 26.1. The number of sulfonamides is 1. The molecule has 1 amide bonds. The molecule has 38 heavy (non-hydrogen) atoms. The summed E-state index contributed by atoms with van der Waals surface area (Å²) in [4.78, 5) is 18.6. The van der Waals surface area contributed by atoms with E-state index in [1.165, 1.54) is 48.3 Å². The Morgan fingerprint density at radius 1 is 1.13 bits per heavy atom. The van der Waals surface area contributed by atoms with Crippen LogP contribution in [-0.2, 0) is 16.6 Å². The Morgan fingerprint density at radius 2 is 1.92 bits per heavy atom. The Kier molecular flexibility index (Phi) is 6.64. The normalized spacial score (nSPS) is 19.3. The molecule has 0 saturated carbocycles. The lowest BCUT2D eigenvalue weighted by Gasteiger charge is -2.20. The molecular weight excluding hydrogens is 539 g/mol. The number of thioether (sulfide) groups is 1. The van der Waals surface area contributed by atoms with Crippen molar-refractivity contribution >= 4 is 38.3 Å². The molecular formula is C26H22F3N3O4S2. The van der Waals surface area contributed by atoms with Gasteiger partial charge in [0.1, 0.15) is 0 Å². The highest BCUT2D eigenvalue weighted by molar-refractivity contribution is 8.08. The summed E-state index contributed by atoms with van der Waals surface area (Å²) in [5.41, 5.74) is 2.84.